The Balaban J connectivity index is 4.20. The maximum absolute atomic E-state index is 12.9. The maximum Gasteiger partial charge on any atom is 0.306 e. The van der Waals surface area contributed by atoms with E-state index in [1.165, 1.54) is 199 Å². The van der Waals surface area contributed by atoms with E-state index in [0.717, 1.165) is 122 Å². The van der Waals surface area contributed by atoms with Crippen molar-refractivity contribution in [3.05, 3.63) is 72.9 Å². The highest BCUT2D eigenvalue weighted by molar-refractivity contribution is 5.71. The molecule has 0 fully saturated rings. The topological polar surface area (TPSA) is 78.9 Å². The summed E-state index contributed by atoms with van der Waals surface area (Å²) in [5.41, 5.74) is 0. The van der Waals surface area contributed by atoms with Crippen molar-refractivity contribution >= 4 is 17.9 Å². The molecule has 0 N–H and O–H groups in total. The Kier molecular flexibility index (Phi) is 65.7. The monoisotopic (exact) mass is 1120 g/mol. The SMILES string of the molecule is CC/C=C\C/C=C\C/C=C\C/C=C\CCCCCCCCC(=O)OC(COC(=O)CCCCCCC/C=C\C/C=C\CCC)COC(=O)CCCCCCCCCCCCCCCCCCCCCCCCCCCCCCCC. The van der Waals surface area contributed by atoms with Gasteiger partial charge in [-0.05, 0) is 83.5 Å². The minimum absolute atomic E-state index is 0.0831. The number of ether oxygens (including phenoxy) is 3. The number of hydrogen-bond acceptors (Lipinski definition) is 6. The highest BCUT2D eigenvalue weighted by atomic mass is 16.6. The first-order valence-electron chi connectivity index (χ1n) is 34.9. The molecule has 0 radical (unpaired) electrons. The number of hydrogen-bond donors (Lipinski definition) is 0. The molecule has 0 aromatic heterocycles. The zero-order chi connectivity index (χ0) is 57.8. The predicted octanol–water partition coefficient (Wildman–Crippen LogP) is 24.1. The second-order valence-corrected chi connectivity index (χ2v) is 23.4. The van der Waals surface area contributed by atoms with Gasteiger partial charge in [-0.1, -0.05) is 331 Å². The summed E-state index contributed by atoms with van der Waals surface area (Å²) >= 11 is 0. The lowest BCUT2D eigenvalue weighted by molar-refractivity contribution is -0.167. The van der Waals surface area contributed by atoms with Crippen molar-refractivity contribution in [2.24, 2.45) is 0 Å². The lowest BCUT2D eigenvalue weighted by atomic mass is 10.0. The standard InChI is InChI=1S/C74H132O6/c1-4-7-10-13-16-19-22-25-27-29-31-32-33-34-35-36-37-38-39-40-41-43-44-46-49-52-55-58-61-64-67-73(76)79-70-71(69-78-72(75)66-63-60-57-54-51-48-24-21-18-15-12-9-6-3)80-74(77)68-65-62-59-56-53-50-47-45-42-30-28-26-23-20-17-14-11-8-5-2/h8,11-12,15,17,20-21,24,26,28,42,45,71H,4-7,9-10,13-14,16,18-19,22-23,25,27,29-41,43-44,46-70H2,1-3H3/b11-8-,15-12-,20-17-,24-21-,28-26-,45-42-. The summed E-state index contributed by atoms with van der Waals surface area (Å²) in [6.07, 6.45) is 89.4. The van der Waals surface area contributed by atoms with Crippen molar-refractivity contribution in [1.82, 2.24) is 0 Å². The summed E-state index contributed by atoms with van der Waals surface area (Å²) in [5.74, 6) is -0.895. The van der Waals surface area contributed by atoms with E-state index in [0.29, 0.717) is 19.3 Å². The van der Waals surface area contributed by atoms with Gasteiger partial charge < -0.3 is 14.2 Å². The van der Waals surface area contributed by atoms with Gasteiger partial charge in [0, 0.05) is 19.3 Å². The van der Waals surface area contributed by atoms with E-state index in [9.17, 15) is 14.4 Å². The maximum atomic E-state index is 12.9. The summed E-state index contributed by atoms with van der Waals surface area (Å²) in [7, 11) is 0. The number of allylic oxidation sites excluding steroid dienone is 12. The van der Waals surface area contributed by atoms with Gasteiger partial charge in [0.2, 0.25) is 0 Å². The fourth-order valence-electron chi connectivity index (χ4n) is 10.2. The second kappa shape index (κ2) is 68.3. The Hall–Kier alpha value is -3.15. The number of rotatable bonds is 64. The van der Waals surface area contributed by atoms with Crippen LogP contribution in [-0.4, -0.2) is 37.2 Å². The van der Waals surface area contributed by atoms with Gasteiger partial charge in [0.15, 0.2) is 6.10 Å². The minimum atomic E-state index is -0.789. The normalized spacial score (nSPS) is 12.5. The van der Waals surface area contributed by atoms with E-state index in [-0.39, 0.29) is 31.1 Å². The molecule has 0 spiro atoms. The Morgan fingerprint density at radius 3 is 0.812 bits per heavy atom. The zero-order valence-electron chi connectivity index (χ0n) is 53.3. The molecule has 0 aromatic rings. The average Bonchev–Trinajstić information content (AvgIpc) is 3.46. The molecule has 0 rings (SSSR count). The molecule has 1 atom stereocenters. The fraction of sp³-hybridized carbons (Fsp3) is 0.797. The zero-order valence-corrected chi connectivity index (χ0v) is 53.3. The van der Waals surface area contributed by atoms with Crippen LogP contribution in [0.25, 0.3) is 0 Å². The lowest BCUT2D eigenvalue weighted by Gasteiger charge is -2.18. The molecule has 1 unspecified atom stereocenters. The van der Waals surface area contributed by atoms with Crippen LogP contribution in [0.15, 0.2) is 72.9 Å². The second-order valence-electron chi connectivity index (χ2n) is 23.4. The molecule has 0 aromatic carbocycles. The van der Waals surface area contributed by atoms with Gasteiger partial charge in [-0.15, -0.1) is 0 Å². The Morgan fingerprint density at radius 2 is 0.512 bits per heavy atom. The van der Waals surface area contributed by atoms with Crippen molar-refractivity contribution in [3.63, 3.8) is 0 Å². The van der Waals surface area contributed by atoms with Crippen LogP contribution in [0.4, 0.5) is 0 Å². The highest BCUT2D eigenvalue weighted by Crippen LogP contribution is 2.18. The molecule has 0 saturated heterocycles. The van der Waals surface area contributed by atoms with Crippen LogP contribution in [0, 0.1) is 0 Å². The van der Waals surface area contributed by atoms with Crippen LogP contribution in [0.3, 0.4) is 0 Å². The summed E-state index contributed by atoms with van der Waals surface area (Å²) in [6, 6.07) is 0. The van der Waals surface area contributed by atoms with E-state index in [1.807, 2.05) is 0 Å². The van der Waals surface area contributed by atoms with Gasteiger partial charge in [-0.3, -0.25) is 14.4 Å². The molecular formula is C74H132O6. The first-order valence-corrected chi connectivity index (χ1v) is 34.9. The van der Waals surface area contributed by atoms with E-state index in [1.54, 1.807) is 0 Å². The Morgan fingerprint density at radius 1 is 0.263 bits per heavy atom. The van der Waals surface area contributed by atoms with Gasteiger partial charge >= 0.3 is 17.9 Å². The van der Waals surface area contributed by atoms with Crippen LogP contribution in [0.2, 0.25) is 0 Å². The number of unbranched alkanes of at least 4 members (excludes halogenated alkanes) is 41. The third-order valence-electron chi connectivity index (χ3n) is 15.4. The number of carbonyl (C=O) groups excluding carboxylic acids is 3. The van der Waals surface area contributed by atoms with Gasteiger partial charge in [0.1, 0.15) is 13.2 Å². The van der Waals surface area contributed by atoms with Crippen LogP contribution in [0.1, 0.15) is 361 Å². The van der Waals surface area contributed by atoms with Gasteiger partial charge in [-0.2, -0.15) is 0 Å². The molecule has 0 aliphatic heterocycles. The average molecular weight is 1120 g/mol. The quantitative estimate of drug-likeness (QED) is 0.0261. The van der Waals surface area contributed by atoms with Crippen molar-refractivity contribution in [3.8, 4) is 0 Å². The molecule has 0 aliphatic carbocycles. The predicted molar refractivity (Wildman–Crippen MR) is 348 cm³/mol. The Bertz CT molecular complexity index is 1470. The van der Waals surface area contributed by atoms with E-state index >= 15 is 0 Å². The molecule has 0 heterocycles. The van der Waals surface area contributed by atoms with Crippen LogP contribution in [-0.2, 0) is 28.6 Å². The molecule has 6 heteroatoms. The molecule has 0 saturated carbocycles. The minimum Gasteiger partial charge on any atom is -0.462 e. The summed E-state index contributed by atoms with van der Waals surface area (Å²) in [6.45, 7) is 6.49. The molecule has 464 valence electrons. The third-order valence-corrected chi connectivity index (χ3v) is 15.4. The molecule has 0 bridgehead atoms. The molecule has 6 nitrogen and oxygen atoms in total. The highest BCUT2D eigenvalue weighted by Gasteiger charge is 2.19. The summed E-state index contributed by atoms with van der Waals surface area (Å²) < 4.78 is 16.9. The Labute approximate surface area is 497 Å². The number of esters is 3. The van der Waals surface area contributed by atoms with E-state index < -0.39 is 6.10 Å². The van der Waals surface area contributed by atoms with Crippen LogP contribution in [0.5, 0.6) is 0 Å². The molecular weight excluding hydrogens is 985 g/mol. The van der Waals surface area contributed by atoms with Crippen molar-refractivity contribution in [2.45, 2.75) is 367 Å². The third kappa shape index (κ3) is 65.7. The molecule has 0 amide bonds. The smallest absolute Gasteiger partial charge is 0.306 e. The van der Waals surface area contributed by atoms with Crippen LogP contribution >= 0.6 is 0 Å². The van der Waals surface area contributed by atoms with E-state index in [4.69, 9.17) is 14.2 Å². The summed E-state index contributed by atoms with van der Waals surface area (Å²) in [5, 5.41) is 0. The van der Waals surface area contributed by atoms with Gasteiger partial charge in [0.05, 0.1) is 0 Å². The van der Waals surface area contributed by atoms with Gasteiger partial charge in [-0.25, -0.2) is 0 Å². The number of carbonyl (C=O) groups is 3. The van der Waals surface area contributed by atoms with Crippen molar-refractivity contribution in [2.75, 3.05) is 13.2 Å². The fourth-order valence-corrected chi connectivity index (χ4v) is 10.2. The summed E-state index contributed by atoms with van der Waals surface area (Å²) in [4.78, 5) is 38.4. The van der Waals surface area contributed by atoms with Crippen LogP contribution < -0.4 is 0 Å². The van der Waals surface area contributed by atoms with Crippen molar-refractivity contribution < 1.29 is 28.6 Å². The molecule has 80 heavy (non-hydrogen) atoms. The van der Waals surface area contributed by atoms with Crippen molar-refractivity contribution in [1.29, 1.82) is 0 Å². The van der Waals surface area contributed by atoms with E-state index in [2.05, 4.69) is 93.7 Å². The molecule has 0 aliphatic rings. The first kappa shape index (κ1) is 76.9. The lowest BCUT2D eigenvalue weighted by Crippen LogP contribution is -2.30. The largest absolute Gasteiger partial charge is 0.462 e. The first-order chi connectivity index (χ1) is 39.5. The van der Waals surface area contributed by atoms with Gasteiger partial charge in [0.25, 0.3) is 0 Å².